The Hall–Kier alpha value is -3.14. The van der Waals surface area contributed by atoms with Gasteiger partial charge in [-0.05, 0) is 79.2 Å². The number of rotatable bonds is 4. The second kappa shape index (κ2) is 6.32. The Morgan fingerprint density at radius 1 is 0.609 bits per heavy atom. The highest BCUT2D eigenvalue weighted by Crippen LogP contribution is 2.28. The SMILES string of the molecule is Cc1cc(Oc2ccc(Oc3ccc(N)cc3)cc2)ccc1N. The molecule has 4 heteroatoms. The van der Waals surface area contributed by atoms with Gasteiger partial charge in [-0.25, -0.2) is 0 Å². The lowest BCUT2D eigenvalue weighted by molar-refractivity contribution is 0.469. The minimum atomic E-state index is 0.708. The fraction of sp³-hybridized carbons (Fsp3) is 0.0526. The molecule has 3 rings (SSSR count). The third-order valence-electron chi connectivity index (χ3n) is 3.42. The number of ether oxygens (including phenoxy) is 2. The second-order valence-corrected chi connectivity index (χ2v) is 5.26. The van der Waals surface area contributed by atoms with Crippen molar-refractivity contribution in [2.45, 2.75) is 6.92 Å². The molecule has 0 aromatic heterocycles. The number of nitrogens with two attached hydrogens (primary N) is 2. The van der Waals surface area contributed by atoms with Gasteiger partial charge in [-0.1, -0.05) is 0 Å². The molecule has 0 spiro atoms. The summed E-state index contributed by atoms with van der Waals surface area (Å²) < 4.78 is 11.6. The molecule has 0 amide bonds. The summed E-state index contributed by atoms with van der Waals surface area (Å²) in [6.45, 7) is 1.95. The van der Waals surface area contributed by atoms with Crippen LogP contribution in [0.15, 0.2) is 66.7 Å². The fourth-order valence-corrected chi connectivity index (χ4v) is 2.10. The van der Waals surface area contributed by atoms with E-state index in [0.29, 0.717) is 5.69 Å². The first-order chi connectivity index (χ1) is 11.1. The minimum Gasteiger partial charge on any atom is -0.457 e. The number of aryl methyl sites for hydroxylation is 1. The molecule has 0 fully saturated rings. The van der Waals surface area contributed by atoms with E-state index in [0.717, 1.165) is 34.2 Å². The Balaban J connectivity index is 1.69. The number of anilines is 2. The molecule has 0 aliphatic carbocycles. The summed E-state index contributed by atoms with van der Waals surface area (Å²) >= 11 is 0. The van der Waals surface area contributed by atoms with Crippen LogP contribution in [0.1, 0.15) is 5.56 Å². The average Bonchev–Trinajstić information content (AvgIpc) is 2.55. The van der Waals surface area contributed by atoms with Gasteiger partial charge in [0.15, 0.2) is 0 Å². The van der Waals surface area contributed by atoms with Crippen molar-refractivity contribution in [3.05, 3.63) is 72.3 Å². The molecule has 4 N–H and O–H groups in total. The van der Waals surface area contributed by atoms with Crippen molar-refractivity contribution in [2.24, 2.45) is 0 Å². The van der Waals surface area contributed by atoms with Gasteiger partial charge in [-0.3, -0.25) is 0 Å². The van der Waals surface area contributed by atoms with E-state index in [2.05, 4.69) is 0 Å². The van der Waals surface area contributed by atoms with Gasteiger partial charge in [-0.15, -0.1) is 0 Å². The molecule has 0 radical (unpaired) electrons. The summed E-state index contributed by atoms with van der Waals surface area (Å²) in [5.74, 6) is 2.96. The molecule has 0 saturated heterocycles. The van der Waals surface area contributed by atoms with Crippen molar-refractivity contribution in [3.8, 4) is 23.0 Å². The molecule has 0 unspecified atom stereocenters. The molecule has 0 atom stereocenters. The van der Waals surface area contributed by atoms with Crippen molar-refractivity contribution in [1.29, 1.82) is 0 Å². The monoisotopic (exact) mass is 306 g/mol. The van der Waals surface area contributed by atoms with Gasteiger partial charge in [0.2, 0.25) is 0 Å². The third-order valence-corrected chi connectivity index (χ3v) is 3.42. The molecule has 3 aromatic carbocycles. The van der Waals surface area contributed by atoms with Gasteiger partial charge in [0, 0.05) is 11.4 Å². The molecule has 0 saturated carbocycles. The van der Waals surface area contributed by atoms with Crippen LogP contribution in [0.25, 0.3) is 0 Å². The smallest absolute Gasteiger partial charge is 0.127 e. The van der Waals surface area contributed by atoms with Gasteiger partial charge >= 0.3 is 0 Å². The highest BCUT2D eigenvalue weighted by molar-refractivity contribution is 5.50. The maximum atomic E-state index is 5.81. The molecule has 0 heterocycles. The quantitative estimate of drug-likeness (QED) is 0.683. The van der Waals surface area contributed by atoms with Gasteiger partial charge < -0.3 is 20.9 Å². The van der Waals surface area contributed by atoms with Crippen LogP contribution in [0.3, 0.4) is 0 Å². The fourth-order valence-electron chi connectivity index (χ4n) is 2.10. The number of nitrogen functional groups attached to an aromatic ring is 2. The van der Waals surface area contributed by atoms with E-state index in [1.807, 2.05) is 61.5 Å². The van der Waals surface area contributed by atoms with Crippen molar-refractivity contribution >= 4 is 11.4 Å². The average molecular weight is 306 g/mol. The van der Waals surface area contributed by atoms with Crippen LogP contribution in [0, 0.1) is 6.92 Å². The molecule has 3 aromatic rings. The van der Waals surface area contributed by atoms with Crippen LogP contribution in [0.2, 0.25) is 0 Å². The van der Waals surface area contributed by atoms with E-state index in [-0.39, 0.29) is 0 Å². The molecule has 23 heavy (non-hydrogen) atoms. The predicted octanol–water partition coefficient (Wildman–Crippen LogP) is 4.74. The zero-order valence-electron chi connectivity index (χ0n) is 12.8. The molecule has 116 valence electrons. The maximum absolute atomic E-state index is 5.81. The topological polar surface area (TPSA) is 70.5 Å². The number of benzene rings is 3. The molecule has 0 aliphatic heterocycles. The first-order valence-electron chi connectivity index (χ1n) is 7.27. The number of hydrogen-bond acceptors (Lipinski definition) is 4. The van der Waals surface area contributed by atoms with Gasteiger partial charge in [0.1, 0.15) is 23.0 Å². The molecule has 0 bridgehead atoms. The van der Waals surface area contributed by atoms with E-state index in [9.17, 15) is 0 Å². The molecular formula is C19H18N2O2. The van der Waals surface area contributed by atoms with E-state index in [1.54, 1.807) is 12.1 Å². The van der Waals surface area contributed by atoms with Gasteiger partial charge in [0.25, 0.3) is 0 Å². The normalized spacial score (nSPS) is 10.3. The van der Waals surface area contributed by atoms with Crippen molar-refractivity contribution in [1.82, 2.24) is 0 Å². The first-order valence-corrected chi connectivity index (χ1v) is 7.27. The zero-order valence-corrected chi connectivity index (χ0v) is 12.8. The summed E-state index contributed by atoms with van der Waals surface area (Å²) in [5, 5.41) is 0. The lowest BCUT2D eigenvalue weighted by Gasteiger charge is -2.09. The second-order valence-electron chi connectivity index (χ2n) is 5.26. The largest absolute Gasteiger partial charge is 0.457 e. The lowest BCUT2D eigenvalue weighted by Crippen LogP contribution is -1.91. The van der Waals surface area contributed by atoms with E-state index in [4.69, 9.17) is 20.9 Å². The van der Waals surface area contributed by atoms with Crippen LogP contribution in [0.4, 0.5) is 11.4 Å². The molecule has 4 nitrogen and oxygen atoms in total. The molecular weight excluding hydrogens is 288 g/mol. The molecule has 0 aliphatic rings. The highest BCUT2D eigenvalue weighted by Gasteiger charge is 2.02. The van der Waals surface area contributed by atoms with Crippen LogP contribution in [-0.4, -0.2) is 0 Å². The predicted molar refractivity (Wildman–Crippen MR) is 93.0 cm³/mol. The summed E-state index contributed by atoms with van der Waals surface area (Å²) in [6, 6.07) is 20.3. The van der Waals surface area contributed by atoms with Crippen LogP contribution in [-0.2, 0) is 0 Å². The Bertz CT molecular complexity index is 797. The zero-order chi connectivity index (χ0) is 16.2. The van der Waals surface area contributed by atoms with Gasteiger partial charge in [-0.2, -0.15) is 0 Å². The summed E-state index contributed by atoms with van der Waals surface area (Å²) in [5.41, 5.74) is 13.9. The van der Waals surface area contributed by atoms with Crippen LogP contribution < -0.4 is 20.9 Å². The maximum Gasteiger partial charge on any atom is 0.127 e. The Labute approximate surface area is 135 Å². The highest BCUT2D eigenvalue weighted by atomic mass is 16.5. The van der Waals surface area contributed by atoms with Crippen molar-refractivity contribution in [3.63, 3.8) is 0 Å². The third kappa shape index (κ3) is 3.74. The van der Waals surface area contributed by atoms with E-state index >= 15 is 0 Å². The summed E-state index contributed by atoms with van der Waals surface area (Å²) in [4.78, 5) is 0. The Kier molecular flexibility index (Phi) is 4.06. The lowest BCUT2D eigenvalue weighted by atomic mass is 10.2. The van der Waals surface area contributed by atoms with E-state index in [1.165, 1.54) is 0 Å². The first kappa shape index (κ1) is 14.8. The van der Waals surface area contributed by atoms with Crippen LogP contribution >= 0.6 is 0 Å². The van der Waals surface area contributed by atoms with Gasteiger partial charge in [0.05, 0.1) is 0 Å². The number of hydrogen-bond donors (Lipinski definition) is 2. The Morgan fingerprint density at radius 3 is 1.57 bits per heavy atom. The van der Waals surface area contributed by atoms with E-state index < -0.39 is 0 Å². The van der Waals surface area contributed by atoms with Crippen molar-refractivity contribution < 1.29 is 9.47 Å². The minimum absolute atomic E-state index is 0.708. The summed E-state index contributed by atoms with van der Waals surface area (Å²) in [7, 11) is 0. The van der Waals surface area contributed by atoms with Crippen LogP contribution in [0.5, 0.6) is 23.0 Å². The summed E-state index contributed by atoms with van der Waals surface area (Å²) in [6.07, 6.45) is 0. The standard InChI is InChI=1S/C19H18N2O2/c1-13-12-18(10-11-19(13)21)23-17-8-6-16(7-9-17)22-15-4-2-14(20)3-5-15/h2-12H,20-21H2,1H3. The Morgan fingerprint density at radius 2 is 1.04 bits per heavy atom. The van der Waals surface area contributed by atoms with Crippen molar-refractivity contribution in [2.75, 3.05) is 11.5 Å².